The molecule has 0 aromatic heterocycles. The zero-order valence-corrected chi connectivity index (χ0v) is 43.0. The Morgan fingerprint density at radius 1 is 0.462 bits per heavy atom. The molecule has 10 nitrogen and oxygen atoms in total. The molecule has 0 radical (unpaired) electrons. The average molecular weight is 963 g/mol. The molecule has 0 bridgehead atoms. The maximum absolute atomic E-state index is 11.6. The average Bonchev–Trinajstić information content (AvgIpc) is 3.26. The van der Waals surface area contributed by atoms with Gasteiger partial charge in [0.1, 0.15) is 38.9 Å². The van der Waals surface area contributed by atoms with Gasteiger partial charge in [0.05, 0.1) is 9.79 Å². The second-order valence-corrected chi connectivity index (χ2v) is 19.7. The second-order valence-electron chi connectivity index (χ2n) is 16.9. The maximum atomic E-state index is 11.6. The van der Waals surface area contributed by atoms with Crippen molar-refractivity contribution in [3.05, 3.63) is 96.1 Å². The van der Waals surface area contributed by atoms with E-state index in [-0.39, 0.29) is 59.0 Å². The molecule has 0 saturated carbocycles. The third-order valence-corrected chi connectivity index (χ3v) is 13.0. The van der Waals surface area contributed by atoms with E-state index in [2.05, 4.69) is 13.8 Å². The van der Waals surface area contributed by atoms with Crippen molar-refractivity contribution in [1.29, 1.82) is 0 Å². The zero-order valence-electron chi connectivity index (χ0n) is 39.2. The van der Waals surface area contributed by atoms with Gasteiger partial charge in [-0.05, 0) is 110 Å². The summed E-state index contributed by atoms with van der Waals surface area (Å²) in [6, 6.07) is 21.0. The summed E-state index contributed by atoms with van der Waals surface area (Å²) in [6.07, 6.45) is 31.3. The van der Waals surface area contributed by atoms with Crippen molar-refractivity contribution in [2.75, 3.05) is 0 Å². The van der Waals surface area contributed by atoms with Crippen molar-refractivity contribution >= 4 is 58.0 Å². The number of benzene rings is 4. The summed E-state index contributed by atoms with van der Waals surface area (Å²) in [4.78, 5) is -0.363. The standard InChI is InChI=1S/2C26H38O5S.Ca/c2*1-2-3-4-5-6-7-8-9-10-11-12-13-14-22-21-25(32(28,29)30)19-20-26(22)31-24-17-15-23(27)16-18-24;/h2*15-21,27H,2-14H2,1H3,(H,28,29,30);/q;;+2/p-2. The molecule has 356 valence electrons. The van der Waals surface area contributed by atoms with Crippen molar-refractivity contribution in [2.24, 2.45) is 0 Å². The van der Waals surface area contributed by atoms with Crippen LogP contribution in [0.2, 0.25) is 0 Å². The van der Waals surface area contributed by atoms with E-state index >= 15 is 0 Å². The van der Waals surface area contributed by atoms with Crippen LogP contribution in [0.15, 0.2) is 94.7 Å². The van der Waals surface area contributed by atoms with Crippen LogP contribution in [0.25, 0.3) is 0 Å². The van der Waals surface area contributed by atoms with Crippen molar-refractivity contribution < 1.29 is 45.6 Å². The Morgan fingerprint density at radius 2 is 0.785 bits per heavy atom. The minimum absolute atomic E-state index is 0. The van der Waals surface area contributed by atoms with Crippen LogP contribution in [-0.4, -0.2) is 68.8 Å². The molecule has 4 aromatic carbocycles. The van der Waals surface area contributed by atoms with Gasteiger partial charge in [-0.1, -0.05) is 167 Å². The zero-order chi connectivity index (χ0) is 46.5. The number of hydrogen-bond donors (Lipinski definition) is 2. The first-order valence-corrected chi connectivity index (χ1v) is 26.8. The first-order valence-electron chi connectivity index (χ1n) is 23.9. The molecule has 4 rings (SSSR count). The van der Waals surface area contributed by atoms with Gasteiger partial charge in [-0.2, -0.15) is 8.42 Å². The SMILES string of the molecule is CCCCCCCCCCCCCCc1cc(S(=O)(=O)O)ccc1Oc1ccc(O)cc1.CCCCCCCCCCCCCCc1cc(S(=O)(=O)[O-])ccc1Oc1ccc([O-])cc1.[Ca+2]. The molecule has 0 aliphatic heterocycles. The van der Waals surface area contributed by atoms with Crippen LogP contribution in [0.5, 0.6) is 34.5 Å². The largest absolute Gasteiger partial charge is 2.00 e. The molecule has 13 heteroatoms. The topological polar surface area (TPSA) is 173 Å². The molecule has 65 heavy (non-hydrogen) atoms. The van der Waals surface area contributed by atoms with Crippen LogP contribution < -0.4 is 14.6 Å². The van der Waals surface area contributed by atoms with Gasteiger partial charge in [0, 0.05) is 0 Å². The normalized spacial score (nSPS) is 11.4. The van der Waals surface area contributed by atoms with Crippen molar-refractivity contribution in [3.8, 4) is 34.5 Å². The van der Waals surface area contributed by atoms with Gasteiger partial charge in [-0.3, -0.25) is 4.55 Å². The minimum atomic E-state index is -4.52. The quantitative estimate of drug-likeness (QED) is 0.0272. The molecule has 4 aromatic rings. The smallest absolute Gasteiger partial charge is 0.872 e. The Morgan fingerprint density at radius 3 is 1.14 bits per heavy atom. The number of unbranched alkanes of at least 4 members (excludes halogenated alkanes) is 22. The summed E-state index contributed by atoms with van der Waals surface area (Å²) in [5, 5.41) is 20.7. The van der Waals surface area contributed by atoms with Gasteiger partial charge < -0.3 is 24.2 Å². The van der Waals surface area contributed by atoms with Crippen molar-refractivity contribution in [1.82, 2.24) is 0 Å². The van der Waals surface area contributed by atoms with Crippen LogP contribution >= 0.6 is 0 Å². The Balaban J connectivity index is 0.000000440. The summed E-state index contributed by atoms with van der Waals surface area (Å²) in [7, 11) is -8.79. The Labute approximate surface area is 421 Å². The Bertz CT molecular complexity index is 1940. The van der Waals surface area contributed by atoms with E-state index in [1.165, 1.54) is 177 Å². The van der Waals surface area contributed by atoms with Crippen LogP contribution in [0.3, 0.4) is 0 Å². The minimum Gasteiger partial charge on any atom is -0.872 e. The van der Waals surface area contributed by atoms with Gasteiger partial charge in [0.25, 0.3) is 10.1 Å². The van der Waals surface area contributed by atoms with Gasteiger partial charge in [0.2, 0.25) is 0 Å². The van der Waals surface area contributed by atoms with Gasteiger partial charge in [0.15, 0.2) is 0 Å². The molecule has 0 fully saturated rings. The molecule has 2 N–H and O–H groups in total. The van der Waals surface area contributed by atoms with E-state index < -0.39 is 20.2 Å². The third-order valence-electron chi connectivity index (χ3n) is 11.4. The molecule has 0 aliphatic rings. The predicted molar refractivity (Wildman–Crippen MR) is 260 cm³/mol. The van der Waals surface area contributed by atoms with Crippen molar-refractivity contribution in [2.45, 2.75) is 191 Å². The van der Waals surface area contributed by atoms with Gasteiger partial charge >= 0.3 is 37.7 Å². The van der Waals surface area contributed by atoms with E-state index in [1.807, 2.05) is 0 Å². The molecule has 0 unspecified atom stereocenters. The van der Waals surface area contributed by atoms with E-state index in [0.29, 0.717) is 41.4 Å². The predicted octanol–water partition coefficient (Wildman–Crippen LogP) is 14.0. The maximum Gasteiger partial charge on any atom is 2.00 e. The molecular weight excluding hydrogens is 889 g/mol. The number of ether oxygens (including phenoxy) is 2. The van der Waals surface area contributed by atoms with Crippen LogP contribution in [0.4, 0.5) is 0 Å². The monoisotopic (exact) mass is 962 g/mol. The number of aryl methyl sites for hydroxylation is 2. The molecular formula is C52H74CaO10S2. The summed E-state index contributed by atoms with van der Waals surface area (Å²) < 4.78 is 78.6. The Hall–Kier alpha value is -2.84. The Kier molecular flexibility index (Phi) is 30.1. The summed E-state index contributed by atoms with van der Waals surface area (Å²) in [5.41, 5.74) is 1.44. The third kappa shape index (κ3) is 25.8. The molecule has 0 spiro atoms. The molecule has 0 amide bonds. The molecule has 0 heterocycles. The summed E-state index contributed by atoms with van der Waals surface area (Å²) in [6.45, 7) is 4.48. The van der Waals surface area contributed by atoms with E-state index in [4.69, 9.17) is 9.47 Å². The fraction of sp³-hybridized carbons (Fsp3) is 0.538. The summed E-state index contributed by atoms with van der Waals surface area (Å²) >= 11 is 0. The number of phenols is 1. The van der Waals surface area contributed by atoms with E-state index in [1.54, 1.807) is 30.3 Å². The van der Waals surface area contributed by atoms with Crippen LogP contribution in [0, 0.1) is 0 Å². The summed E-state index contributed by atoms with van der Waals surface area (Å²) in [5.74, 6) is 2.17. The van der Waals surface area contributed by atoms with Crippen LogP contribution in [-0.2, 0) is 33.1 Å². The van der Waals surface area contributed by atoms with Gasteiger partial charge in [-0.15, -0.1) is 5.75 Å². The fourth-order valence-corrected chi connectivity index (χ4v) is 8.66. The van der Waals surface area contributed by atoms with E-state index in [0.717, 1.165) is 37.7 Å². The number of hydrogen-bond acceptors (Lipinski definition) is 9. The molecule has 0 saturated heterocycles. The fourth-order valence-electron chi connectivity index (χ4n) is 7.61. The molecule has 0 aliphatic carbocycles. The molecule has 0 atom stereocenters. The number of phenolic OH excluding ortho intramolecular Hbond substituents is 1. The second kappa shape index (κ2) is 33.6. The number of rotatable bonds is 32. The van der Waals surface area contributed by atoms with Gasteiger partial charge in [-0.25, -0.2) is 8.42 Å². The van der Waals surface area contributed by atoms with E-state index in [9.17, 15) is 36.2 Å². The van der Waals surface area contributed by atoms with Crippen molar-refractivity contribution in [3.63, 3.8) is 0 Å². The van der Waals surface area contributed by atoms with Crippen LogP contribution in [0.1, 0.15) is 179 Å². The first-order chi connectivity index (χ1) is 30.8. The number of aromatic hydroxyl groups is 1. The first kappa shape index (κ1) is 58.3.